The van der Waals surface area contributed by atoms with Gasteiger partial charge in [-0.25, -0.2) is 4.98 Å². The molecule has 2 aliphatic rings. The fourth-order valence-corrected chi connectivity index (χ4v) is 3.71. The van der Waals surface area contributed by atoms with E-state index in [1.807, 2.05) is 16.5 Å². The predicted octanol–water partition coefficient (Wildman–Crippen LogP) is 1.48. The van der Waals surface area contributed by atoms with Gasteiger partial charge in [-0.05, 0) is 32.7 Å². The topological polar surface area (TPSA) is 61.7 Å². The summed E-state index contributed by atoms with van der Waals surface area (Å²) in [6, 6.07) is 0. The van der Waals surface area contributed by atoms with Crippen LogP contribution in [0.2, 0.25) is 0 Å². The maximum absolute atomic E-state index is 13.1. The Hall–Kier alpha value is -1.89. The number of likely N-dealkylation sites (N-methyl/N-ethyl adjacent to an activating group) is 1. The van der Waals surface area contributed by atoms with Crippen LogP contribution >= 0.6 is 0 Å². The minimum Gasteiger partial charge on any atom is -0.340 e. The van der Waals surface area contributed by atoms with E-state index < -0.39 is 0 Å². The molecule has 0 unspecified atom stereocenters. The van der Waals surface area contributed by atoms with Crippen molar-refractivity contribution >= 4 is 11.8 Å². The van der Waals surface area contributed by atoms with Crippen molar-refractivity contribution in [2.45, 2.75) is 45.6 Å². The number of carbonyl (C=O) groups excluding carboxylic acids is 2. The third kappa shape index (κ3) is 3.77. The molecule has 0 radical (unpaired) electrons. The molecular formula is C19H31N5O2. The molecule has 3 rings (SSSR count). The van der Waals surface area contributed by atoms with Gasteiger partial charge in [-0.3, -0.25) is 9.59 Å². The number of aromatic nitrogens is 2. The molecule has 3 heterocycles. The zero-order valence-corrected chi connectivity index (χ0v) is 16.3. The lowest BCUT2D eigenvalue weighted by molar-refractivity contribution is 0.0645. The molecule has 1 fully saturated rings. The molecule has 1 aromatic heterocycles. The van der Waals surface area contributed by atoms with Gasteiger partial charge < -0.3 is 19.3 Å². The molecule has 0 N–H and O–H groups in total. The van der Waals surface area contributed by atoms with Crippen molar-refractivity contribution in [2.75, 3.05) is 46.8 Å². The second kappa shape index (κ2) is 8.20. The zero-order valence-electron chi connectivity index (χ0n) is 16.3. The third-order valence-corrected chi connectivity index (χ3v) is 5.50. The van der Waals surface area contributed by atoms with E-state index in [0.717, 1.165) is 77.1 Å². The maximum atomic E-state index is 13.1. The Morgan fingerprint density at radius 1 is 1.12 bits per heavy atom. The van der Waals surface area contributed by atoms with Gasteiger partial charge in [0, 0.05) is 46.3 Å². The summed E-state index contributed by atoms with van der Waals surface area (Å²) in [6.07, 6.45) is 4.93. The van der Waals surface area contributed by atoms with Gasteiger partial charge in [-0.2, -0.15) is 0 Å². The van der Waals surface area contributed by atoms with Crippen LogP contribution in [0.1, 0.15) is 59.4 Å². The van der Waals surface area contributed by atoms with Crippen LogP contribution < -0.4 is 0 Å². The molecule has 1 saturated heterocycles. The molecule has 2 aliphatic heterocycles. The van der Waals surface area contributed by atoms with Crippen LogP contribution in [0.3, 0.4) is 0 Å². The highest BCUT2D eigenvalue weighted by Gasteiger charge is 2.31. The average molecular weight is 361 g/mol. The van der Waals surface area contributed by atoms with E-state index in [1.165, 1.54) is 0 Å². The Labute approximate surface area is 156 Å². The largest absolute Gasteiger partial charge is 0.340 e. The number of hydrogen-bond donors (Lipinski definition) is 0. The highest BCUT2D eigenvalue weighted by Crippen LogP contribution is 2.23. The number of amides is 2. The van der Waals surface area contributed by atoms with Crippen molar-refractivity contribution in [3.63, 3.8) is 0 Å². The van der Waals surface area contributed by atoms with Crippen molar-refractivity contribution < 1.29 is 9.59 Å². The Morgan fingerprint density at radius 2 is 1.85 bits per heavy atom. The number of carbonyl (C=O) groups is 2. The number of nitrogens with zero attached hydrogens (tertiary/aromatic N) is 5. The minimum atomic E-state index is -0.0541. The molecule has 0 atom stereocenters. The molecule has 0 saturated carbocycles. The molecule has 2 amide bonds. The molecule has 0 aliphatic carbocycles. The molecule has 0 aromatic carbocycles. The Kier molecular flexibility index (Phi) is 5.96. The Bertz CT molecular complexity index is 661. The quantitative estimate of drug-likeness (QED) is 0.797. The summed E-state index contributed by atoms with van der Waals surface area (Å²) in [5, 5.41) is 0. The van der Waals surface area contributed by atoms with Gasteiger partial charge in [0.15, 0.2) is 5.82 Å². The van der Waals surface area contributed by atoms with Gasteiger partial charge in [-0.1, -0.05) is 13.3 Å². The lowest BCUT2D eigenvalue weighted by atomic mass is 10.1. The molecule has 7 nitrogen and oxygen atoms in total. The zero-order chi connectivity index (χ0) is 18.7. The van der Waals surface area contributed by atoms with Gasteiger partial charge in [-0.15, -0.1) is 0 Å². The summed E-state index contributed by atoms with van der Waals surface area (Å²) in [5.74, 6) is 0.370. The van der Waals surface area contributed by atoms with Crippen LogP contribution in [0, 0.1) is 0 Å². The fraction of sp³-hybridized carbons (Fsp3) is 0.737. The second-order valence-electron chi connectivity index (χ2n) is 7.52. The van der Waals surface area contributed by atoms with Crippen molar-refractivity contribution in [3.05, 3.63) is 17.2 Å². The first kappa shape index (κ1) is 18.9. The average Bonchev–Trinajstić information content (AvgIpc) is 3.05. The van der Waals surface area contributed by atoms with E-state index in [0.29, 0.717) is 11.5 Å². The van der Waals surface area contributed by atoms with Gasteiger partial charge in [0.05, 0.1) is 5.69 Å². The minimum absolute atomic E-state index is 0.0310. The van der Waals surface area contributed by atoms with E-state index in [4.69, 9.17) is 0 Å². The van der Waals surface area contributed by atoms with E-state index in [-0.39, 0.29) is 11.8 Å². The van der Waals surface area contributed by atoms with Crippen LogP contribution in [0.15, 0.2) is 0 Å². The van der Waals surface area contributed by atoms with Crippen molar-refractivity contribution in [3.8, 4) is 0 Å². The number of rotatable bonds is 5. The van der Waals surface area contributed by atoms with Crippen molar-refractivity contribution in [2.24, 2.45) is 0 Å². The highest BCUT2D eigenvalue weighted by atomic mass is 16.2. The summed E-state index contributed by atoms with van der Waals surface area (Å²) in [5.41, 5.74) is 1.43. The summed E-state index contributed by atoms with van der Waals surface area (Å²) in [7, 11) is 3.90. The SMILES string of the molecule is CCCCN(C)C(=O)c1nc(C(=O)N2CCN(C)CC2)n2c1CCCC2. The lowest BCUT2D eigenvalue weighted by Gasteiger charge is -2.32. The van der Waals surface area contributed by atoms with Gasteiger partial charge >= 0.3 is 0 Å². The molecule has 26 heavy (non-hydrogen) atoms. The monoisotopic (exact) mass is 361 g/mol. The van der Waals surface area contributed by atoms with Crippen LogP contribution in [-0.4, -0.2) is 82.9 Å². The number of fused-ring (bicyclic) bond motifs is 1. The molecule has 0 bridgehead atoms. The Morgan fingerprint density at radius 3 is 2.54 bits per heavy atom. The first-order valence-electron chi connectivity index (χ1n) is 9.85. The fourth-order valence-electron chi connectivity index (χ4n) is 3.71. The van der Waals surface area contributed by atoms with Crippen molar-refractivity contribution in [1.29, 1.82) is 0 Å². The molecule has 144 valence electrons. The summed E-state index contributed by atoms with van der Waals surface area (Å²) in [4.78, 5) is 36.4. The molecule has 7 heteroatoms. The van der Waals surface area contributed by atoms with Crippen LogP contribution in [-0.2, 0) is 13.0 Å². The van der Waals surface area contributed by atoms with E-state index >= 15 is 0 Å². The molecule has 1 aromatic rings. The standard InChI is InChI=1S/C19H31N5O2/c1-4-5-9-22(3)18(25)16-15-8-6-7-10-24(15)17(20-16)19(26)23-13-11-21(2)12-14-23/h4-14H2,1-3H3. The van der Waals surface area contributed by atoms with Crippen LogP contribution in [0.4, 0.5) is 0 Å². The van der Waals surface area contributed by atoms with Crippen LogP contribution in [0.5, 0.6) is 0 Å². The lowest BCUT2D eigenvalue weighted by Crippen LogP contribution is -2.47. The van der Waals surface area contributed by atoms with Gasteiger partial charge in [0.1, 0.15) is 5.69 Å². The predicted molar refractivity (Wildman–Crippen MR) is 100 cm³/mol. The summed E-state index contributed by atoms with van der Waals surface area (Å²) < 4.78 is 2.01. The van der Waals surface area contributed by atoms with Crippen LogP contribution in [0.25, 0.3) is 0 Å². The highest BCUT2D eigenvalue weighted by molar-refractivity contribution is 5.97. The number of unbranched alkanes of at least 4 members (excludes halogenated alkanes) is 1. The van der Waals surface area contributed by atoms with E-state index in [9.17, 15) is 9.59 Å². The molecule has 0 spiro atoms. The van der Waals surface area contributed by atoms with Crippen molar-refractivity contribution in [1.82, 2.24) is 24.3 Å². The summed E-state index contributed by atoms with van der Waals surface area (Å²) in [6.45, 7) is 6.82. The van der Waals surface area contributed by atoms with Gasteiger partial charge in [0.2, 0.25) is 0 Å². The number of piperazine rings is 1. The van der Waals surface area contributed by atoms with E-state index in [1.54, 1.807) is 4.90 Å². The Balaban J connectivity index is 1.86. The normalized spacial score (nSPS) is 17.9. The second-order valence-corrected chi connectivity index (χ2v) is 7.52. The maximum Gasteiger partial charge on any atom is 0.289 e. The molecular weight excluding hydrogens is 330 g/mol. The summed E-state index contributed by atoms with van der Waals surface area (Å²) >= 11 is 0. The smallest absolute Gasteiger partial charge is 0.289 e. The van der Waals surface area contributed by atoms with E-state index in [2.05, 4.69) is 23.9 Å². The first-order chi connectivity index (χ1) is 12.5. The number of hydrogen-bond acceptors (Lipinski definition) is 4. The number of imidazole rings is 1. The third-order valence-electron chi connectivity index (χ3n) is 5.50. The first-order valence-corrected chi connectivity index (χ1v) is 9.85. The van der Waals surface area contributed by atoms with Gasteiger partial charge in [0.25, 0.3) is 11.8 Å².